The molecule has 140 valence electrons. The average Bonchev–Trinajstić information content (AvgIpc) is 2.59. The molecule has 1 aliphatic rings. The van der Waals surface area contributed by atoms with Gasteiger partial charge in [0.25, 0.3) is 0 Å². The monoisotopic (exact) mass is 364 g/mol. The SMILES string of the molecule is CC(C)(C)[C@]1(COc2cncc(C#Cc3ccccc3)c2)CCN1C(=O)O. The Kier molecular flexibility index (Phi) is 5.09. The highest BCUT2D eigenvalue weighted by Gasteiger charge is 2.55. The van der Waals surface area contributed by atoms with E-state index in [4.69, 9.17) is 4.74 Å². The zero-order valence-corrected chi connectivity index (χ0v) is 15.9. The van der Waals surface area contributed by atoms with Crippen LogP contribution in [0.1, 0.15) is 38.3 Å². The highest BCUT2D eigenvalue weighted by atomic mass is 16.5. The summed E-state index contributed by atoms with van der Waals surface area (Å²) in [5, 5.41) is 9.49. The molecule has 0 radical (unpaired) electrons. The molecule has 5 heteroatoms. The number of benzene rings is 1. The minimum absolute atomic E-state index is 0.234. The van der Waals surface area contributed by atoms with Crippen molar-refractivity contribution in [2.45, 2.75) is 32.7 Å². The van der Waals surface area contributed by atoms with Crippen molar-refractivity contribution in [3.05, 3.63) is 59.9 Å². The van der Waals surface area contributed by atoms with Crippen molar-refractivity contribution in [1.29, 1.82) is 0 Å². The fourth-order valence-electron chi connectivity index (χ4n) is 3.35. The first-order valence-corrected chi connectivity index (χ1v) is 8.97. The standard InChI is InChI=1S/C22H24N2O3/c1-21(2,3)22(11-12-24(22)20(25)26)16-27-19-13-18(14-23-15-19)10-9-17-7-5-4-6-8-17/h4-8,13-15H,11-12,16H2,1-3H3,(H,25,26)/t22-/m1/s1. The highest BCUT2D eigenvalue weighted by Crippen LogP contribution is 2.45. The van der Waals surface area contributed by atoms with Gasteiger partial charge in [0.1, 0.15) is 12.4 Å². The van der Waals surface area contributed by atoms with Gasteiger partial charge in [0, 0.05) is 23.9 Å². The number of hydrogen-bond donors (Lipinski definition) is 1. The molecule has 1 N–H and O–H groups in total. The van der Waals surface area contributed by atoms with Gasteiger partial charge in [-0.2, -0.15) is 0 Å². The van der Waals surface area contributed by atoms with Crippen LogP contribution in [0.2, 0.25) is 0 Å². The van der Waals surface area contributed by atoms with Crippen LogP contribution >= 0.6 is 0 Å². The van der Waals surface area contributed by atoms with E-state index in [1.54, 1.807) is 12.4 Å². The van der Waals surface area contributed by atoms with Gasteiger partial charge in [-0.05, 0) is 30.0 Å². The van der Waals surface area contributed by atoms with Gasteiger partial charge >= 0.3 is 6.09 Å². The Morgan fingerprint density at radius 3 is 2.52 bits per heavy atom. The molecule has 3 rings (SSSR count). The summed E-state index contributed by atoms with van der Waals surface area (Å²) < 4.78 is 5.98. The molecule has 1 aromatic heterocycles. The van der Waals surface area contributed by atoms with Crippen LogP contribution in [-0.4, -0.2) is 39.8 Å². The van der Waals surface area contributed by atoms with Gasteiger partial charge in [0.2, 0.25) is 0 Å². The summed E-state index contributed by atoms with van der Waals surface area (Å²) in [7, 11) is 0. The van der Waals surface area contributed by atoms with E-state index in [2.05, 4.69) is 16.8 Å². The van der Waals surface area contributed by atoms with Crippen molar-refractivity contribution in [3.63, 3.8) is 0 Å². The van der Waals surface area contributed by atoms with Crippen molar-refractivity contribution < 1.29 is 14.6 Å². The number of hydrogen-bond acceptors (Lipinski definition) is 3. The van der Waals surface area contributed by atoms with Gasteiger partial charge in [-0.15, -0.1) is 0 Å². The molecule has 0 unspecified atom stereocenters. The normalized spacial score (nSPS) is 18.9. The van der Waals surface area contributed by atoms with E-state index >= 15 is 0 Å². The maximum atomic E-state index is 11.6. The van der Waals surface area contributed by atoms with Gasteiger partial charge in [-0.25, -0.2) is 4.79 Å². The lowest BCUT2D eigenvalue weighted by atomic mass is 9.66. The Balaban J connectivity index is 1.75. The molecular formula is C22H24N2O3. The summed E-state index contributed by atoms with van der Waals surface area (Å²) in [5.41, 5.74) is 0.915. The number of carboxylic acid groups (broad SMARTS) is 1. The van der Waals surface area contributed by atoms with Crippen LogP contribution in [0.25, 0.3) is 0 Å². The van der Waals surface area contributed by atoms with Gasteiger partial charge in [0.15, 0.2) is 0 Å². The highest BCUT2D eigenvalue weighted by molar-refractivity contribution is 5.68. The Bertz CT molecular complexity index is 878. The predicted molar refractivity (Wildman–Crippen MR) is 104 cm³/mol. The third-order valence-corrected chi connectivity index (χ3v) is 5.21. The lowest BCUT2D eigenvalue weighted by molar-refractivity contribution is -0.0962. The number of aromatic nitrogens is 1. The Hall–Kier alpha value is -3.00. The Morgan fingerprint density at radius 2 is 1.93 bits per heavy atom. The summed E-state index contributed by atoms with van der Waals surface area (Å²) in [6.45, 7) is 6.97. The summed E-state index contributed by atoms with van der Waals surface area (Å²) in [6.07, 6.45) is 3.20. The molecule has 5 nitrogen and oxygen atoms in total. The quantitative estimate of drug-likeness (QED) is 0.836. The van der Waals surface area contributed by atoms with Crippen LogP contribution in [-0.2, 0) is 0 Å². The zero-order chi connectivity index (χ0) is 19.5. The van der Waals surface area contributed by atoms with Gasteiger partial charge in [-0.3, -0.25) is 9.88 Å². The summed E-state index contributed by atoms with van der Waals surface area (Å²) in [6, 6.07) is 11.6. The van der Waals surface area contributed by atoms with E-state index in [0.29, 0.717) is 18.9 Å². The Morgan fingerprint density at radius 1 is 1.22 bits per heavy atom. The molecule has 0 bridgehead atoms. The molecule has 1 amide bonds. The van der Waals surface area contributed by atoms with Crippen LogP contribution in [0.15, 0.2) is 48.8 Å². The van der Waals surface area contributed by atoms with Crippen LogP contribution < -0.4 is 4.74 Å². The van der Waals surface area contributed by atoms with Crippen molar-refractivity contribution in [2.24, 2.45) is 5.41 Å². The molecule has 1 fully saturated rings. The number of carbonyl (C=O) groups is 1. The molecule has 1 aliphatic heterocycles. The third-order valence-electron chi connectivity index (χ3n) is 5.21. The molecule has 1 saturated heterocycles. The summed E-state index contributed by atoms with van der Waals surface area (Å²) in [5.74, 6) is 6.78. The molecule has 1 atom stereocenters. The smallest absolute Gasteiger partial charge is 0.407 e. The van der Waals surface area contributed by atoms with E-state index in [9.17, 15) is 9.90 Å². The zero-order valence-electron chi connectivity index (χ0n) is 15.9. The fraction of sp³-hybridized carbons (Fsp3) is 0.364. The van der Waals surface area contributed by atoms with E-state index in [1.165, 1.54) is 4.90 Å². The minimum atomic E-state index is -0.902. The maximum Gasteiger partial charge on any atom is 0.407 e. The van der Waals surface area contributed by atoms with Crippen molar-refractivity contribution in [2.75, 3.05) is 13.2 Å². The third kappa shape index (κ3) is 3.90. The molecule has 1 aromatic carbocycles. The first kappa shape index (κ1) is 18.8. The second-order valence-electron chi connectivity index (χ2n) is 7.78. The fourth-order valence-corrected chi connectivity index (χ4v) is 3.35. The summed E-state index contributed by atoms with van der Waals surface area (Å²) >= 11 is 0. The van der Waals surface area contributed by atoms with E-state index in [1.807, 2.05) is 57.2 Å². The number of pyridine rings is 1. The van der Waals surface area contributed by atoms with Crippen LogP contribution in [0.3, 0.4) is 0 Å². The molecule has 2 aromatic rings. The first-order valence-electron chi connectivity index (χ1n) is 8.97. The first-order chi connectivity index (χ1) is 12.8. The molecular weight excluding hydrogens is 340 g/mol. The second-order valence-corrected chi connectivity index (χ2v) is 7.78. The molecule has 0 saturated carbocycles. The molecule has 0 spiro atoms. The van der Waals surface area contributed by atoms with E-state index < -0.39 is 11.6 Å². The lowest BCUT2D eigenvalue weighted by Crippen LogP contribution is -2.70. The van der Waals surface area contributed by atoms with Crippen LogP contribution in [0, 0.1) is 17.3 Å². The molecule has 27 heavy (non-hydrogen) atoms. The van der Waals surface area contributed by atoms with Gasteiger partial charge in [-0.1, -0.05) is 50.8 Å². The van der Waals surface area contributed by atoms with Crippen LogP contribution in [0.5, 0.6) is 5.75 Å². The van der Waals surface area contributed by atoms with Crippen LogP contribution in [0.4, 0.5) is 4.79 Å². The largest absolute Gasteiger partial charge is 0.489 e. The number of nitrogens with zero attached hydrogens (tertiary/aromatic N) is 2. The number of amides is 1. The summed E-state index contributed by atoms with van der Waals surface area (Å²) in [4.78, 5) is 17.3. The van der Waals surface area contributed by atoms with Crippen molar-refractivity contribution in [3.8, 4) is 17.6 Å². The predicted octanol–water partition coefficient (Wildman–Crippen LogP) is 4.03. The number of likely N-dealkylation sites (tertiary alicyclic amines) is 1. The maximum absolute atomic E-state index is 11.6. The number of rotatable bonds is 3. The van der Waals surface area contributed by atoms with E-state index in [-0.39, 0.29) is 5.41 Å². The van der Waals surface area contributed by atoms with Gasteiger partial charge < -0.3 is 9.84 Å². The average molecular weight is 364 g/mol. The topological polar surface area (TPSA) is 62.7 Å². The van der Waals surface area contributed by atoms with Gasteiger partial charge in [0.05, 0.1) is 11.7 Å². The second kappa shape index (κ2) is 7.32. The molecule has 2 heterocycles. The Labute approximate surface area is 160 Å². The molecule has 0 aliphatic carbocycles. The van der Waals surface area contributed by atoms with Crippen molar-refractivity contribution >= 4 is 6.09 Å². The lowest BCUT2D eigenvalue weighted by Gasteiger charge is -2.57. The van der Waals surface area contributed by atoms with E-state index in [0.717, 1.165) is 17.5 Å². The van der Waals surface area contributed by atoms with Crippen molar-refractivity contribution in [1.82, 2.24) is 9.88 Å². The number of ether oxygens (including phenoxy) is 1. The minimum Gasteiger partial charge on any atom is -0.489 e.